The van der Waals surface area contributed by atoms with Crippen LogP contribution in [-0.2, 0) is 11.2 Å². The summed E-state index contributed by atoms with van der Waals surface area (Å²) in [5, 5.41) is 12.8. The van der Waals surface area contributed by atoms with E-state index in [4.69, 9.17) is 4.74 Å². The van der Waals surface area contributed by atoms with E-state index in [1.165, 1.54) is 5.56 Å². The third kappa shape index (κ3) is 2.42. The summed E-state index contributed by atoms with van der Waals surface area (Å²) in [5.41, 5.74) is 2.36. The Kier molecular flexibility index (Phi) is 3.11. The van der Waals surface area contributed by atoms with Crippen molar-refractivity contribution in [2.45, 2.75) is 25.3 Å². The van der Waals surface area contributed by atoms with E-state index in [2.05, 4.69) is 5.32 Å². The molecule has 0 saturated carbocycles. The molecule has 0 spiro atoms. The van der Waals surface area contributed by atoms with Gasteiger partial charge in [0.05, 0.1) is 0 Å². The number of benzene rings is 1. The van der Waals surface area contributed by atoms with Gasteiger partial charge in [0.2, 0.25) is 0 Å². The molecule has 1 heterocycles. The fourth-order valence-electron chi connectivity index (χ4n) is 2.03. The van der Waals surface area contributed by atoms with Gasteiger partial charge >= 0.3 is 0 Å². The van der Waals surface area contributed by atoms with Crippen molar-refractivity contribution in [2.24, 2.45) is 0 Å². The van der Waals surface area contributed by atoms with Gasteiger partial charge < -0.3 is 15.2 Å². The Morgan fingerprint density at radius 2 is 2.40 bits per heavy atom. The first kappa shape index (κ1) is 10.3. The van der Waals surface area contributed by atoms with Crippen LogP contribution in [0.2, 0.25) is 0 Å². The second-order valence-corrected chi connectivity index (χ2v) is 4.00. The lowest BCUT2D eigenvalue weighted by Crippen LogP contribution is -2.26. The van der Waals surface area contributed by atoms with Crippen LogP contribution in [0, 0.1) is 0 Å². The van der Waals surface area contributed by atoms with Crippen LogP contribution >= 0.6 is 0 Å². The van der Waals surface area contributed by atoms with E-state index in [1.54, 1.807) is 13.2 Å². The number of hydrogen-bond donors (Lipinski definition) is 2. The van der Waals surface area contributed by atoms with Gasteiger partial charge in [-0.25, -0.2) is 0 Å². The highest BCUT2D eigenvalue weighted by Gasteiger charge is 2.17. The molecule has 1 unspecified atom stereocenters. The third-order valence-corrected chi connectivity index (χ3v) is 2.88. The predicted molar refractivity (Wildman–Crippen MR) is 60.3 cm³/mol. The van der Waals surface area contributed by atoms with Crippen molar-refractivity contribution in [2.75, 3.05) is 19.0 Å². The van der Waals surface area contributed by atoms with Crippen molar-refractivity contribution in [3.63, 3.8) is 0 Å². The minimum atomic E-state index is 0.353. The number of phenolic OH excluding ortho intramolecular Hbond substituents is 1. The number of methoxy groups -OCH3 is 1. The highest BCUT2D eigenvalue weighted by Crippen LogP contribution is 2.28. The number of phenols is 1. The second-order valence-electron chi connectivity index (χ2n) is 4.00. The molecule has 1 aliphatic rings. The molecule has 0 saturated heterocycles. The first-order valence-electron chi connectivity index (χ1n) is 5.37. The van der Waals surface area contributed by atoms with E-state index in [-0.39, 0.29) is 0 Å². The summed E-state index contributed by atoms with van der Waals surface area (Å²) in [7, 11) is 1.73. The van der Waals surface area contributed by atoms with Crippen molar-refractivity contribution in [1.82, 2.24) is 0 Å². The third-order valence-electron chi connectivity index (χ3n) is 2.88. The summed E-state index contributed by atoms with van der Waals surface area (Å²) >= 11 is 0. The maximum atomic E-state index is 9.35. The first-order chi connectivity index (χ1) is 7.29. The van der Waals surface area contributed by atoms with E-state index in [9.17, 15) is 5.11 Å². The van der Waals surface area contributed by atoms with E-state index in [0.717, 1.165) is 31.6 Å². The smallest absolute Gasteiger partial charge is 0.116 e. The summed E-state index contributed by atoms with van der Waals surface area (Å²) in [5.74, 6) is 0.353. The minimum absolute atomic E-state index is 0.353. The molecule has 2 N–H and O–H groups in total. The van der Waals surface area contributed by atoms with E-state index >= 15 is 0 Å². The molecule has 3 heteroatoms. The predicted octanol–water partition coefficient (Wildman–Crippen LogP) is 2.16. The molecule has 0 bridgehead atoms. The van der Waals surface area contributed by atoms with E-state index < -0.39 is 0 Å². The van der Waals surface area contributed by atoms with Crippen LogP contribution in [0.3, 0.4) is 0 Å². The molecule has 1 aromatic carbocycles. The topological polar surface area (TPSA) is 41.5 Å². The highest BCUT2D eigenvalue weighted by molar-refractivity contribution is 5.56. The molecule has 2 rings (SSSR count). The molecule has 0 radical (unpaired) electrons. The Balaban J connectivity index is 2.03. The van der Waals surface area contributed by atoms with Crippen LogP contribution in [0.1, 0.15) is 18.4 Å². The molecule has 1 atom stereocenters. The zero-order chi connectivity index (χ0) is 10.7. The molecule has 1 aliphatic heterocycles. The fraction of sp³-hybridized carbons (Fsp3) is 0.500. The summed E-state index contributed by atoms with van der Waals surface area (Å²) in [6, 6.07) is 6.02. The Morgan fingerprint density at radius 1 is 1.53 bits per heavy atom. The van der Waals surface area contributed by atoms with Crippen molar-refractivity contribution in [3.8, 4) is 5.75 Å². The lowest BCUT2D eigenvalue weighted by molar-refractivity contribution is 0.188. The average molecular weight is 207 g/mol. The number of hydrogen-bond acceptors (Lipinski definition) is 3. The molecular formula is C12H17NO2. The zero-order valence-electron chi connectivity index (χ0n) is 8.99. The van der Waals surface area contributed by atoms with Crippen LogP contribution in [-0.4, -0.2) is 24.9 Å². The van der Waals surface area contributed by atoms with Gasteiger partial charge in [-0.2, -0.15) is 0 Å². The van der Waals surface area contributed by atoms with Gasteiger partial charge in [-0.15, -0.1) is 0 Å². The quantitative estimate of drug-likeness (QED) is 0.746. The van der Waals surface area contributed by atoms with E-state index in [1.807, 2.05) is 12.1 Å². The molecule has 0 aliphatic carbocycles. The first-order valence-corrected chi connectivity index (χ1v) is 5.37. The highest BCUT2D eigenvalue weighted by atomic mass is 16.5. The Labute approximate surface area is 90.1 Å². The Morgan fingerprint density at radius 3 is 3.20 bits per heavy atom. The molecule has 82 valence electrons. The molecular weight excluding hydrogens is 190 g/mol. The maximum absolute atomic E-state index is 9.35. The molecule has 0 fully saturated rings. The van der Waals surface area contributed by atoms with Crippen LogP contribution in [0.25, 0.3) is 0 Å². The zero-order valence-corrected chi connectivity index (χ0v) is 8.99. The van der Waals surface area contributed by atoms with Crippen LogP contribution in [0.15, 0.2) is 18.2 Å². The second kappa shape index (κ2) is 4.53. The molecule has 0 aromatic heterocycles. The number of ether oxygens (including phenoxy) is 1. The molecule has 15 heavy (non-hydrogen) atoms. The van der Waals surface area contributed by atoms with Crippen LogP contribution < -0.4 is 5.32 Å². The largest absolute Gasteiger partial charge is 0.508 e. The number of rotatable bonds is 3. The maximum Gasteiger partial charge on any atom is 0.116 e. The summed E-state index contributed by atoms with van der Waals surface area (Å²) in [6.07, 6.45) is 3.18. The molecule has 0 amide bonds. The van der Waals surface area contributed by atoms with Crippen LogP contribution in [0.4, 0.5) is 5.69 Å². The number of aromatic hydroxyl groups is 1. The van der Waals surface area contributed by atoms with E-state index in [0.29, 0.717) is 11.8 Å². The van der Waals surface area contributed by atoms with Gasteiger partial charge in [0, 0.05) is 25.4 Å². The number of anilines is 1. The van der Waals surface area contributed by atoms with Crippen molar-refractivity contribution in [1.29, 1.82) is 0 Å². The standard InChI is InChI=1S/C12H17NO2/c1-15-7-6-10-3-2-9-8-11(14)4-5-12(9)13-10/h4-5,8,10,13-14H,2-3,6-7H2,1H3. The summed E-state index contributed by atoms with van der Waals surface area (Å²) in [4.78, 5) is 0. The lowest BCUT2D eigenvalue weighted by Gasteiger charge is -2.26. The Hall–Kier alpha value is -1.22. The van der Waals surface area contributed by atoms with Crippen molar-refractivity contribution >= 4 is 5.69 Å². The monoisotopic (exact) mass is 207 g/mol. The SMILES string of the molecule is COCCC1CCc2cc(O)ccc2N1. The average Bonchev–Trinajstić information content (AvgIpc) is 2.26. The lowest BCUT2D eigenvalue weighted by atomic mass is 9.96. The van der Waals surface area contributed by atoms with Gasteiger partial charge in [-0.1, -0.05) is 0 Å². The van der Waals surface area contributed by atoms with Gasteiger partial charge in [0.1, 0.15) is 5.75 Å². The van der Waals surface area contributed by atoms with Gasteiger partial charge in [-0.05, 0) is 43.0 Å². The Bertz CT molecular complexity index is 338. The summed E-state index contributed by atoms with van der Waals surface area (Å²) < 4.78 is 5.07. The fourth-order valence-corrected chi connectivity index (χ4v) is 2.03. The summed E-state index contributed by atoms with van der Waals surface area (Å²) in [6.45, 7) is 0.797. The van der Waals surface area contributed by atoms with Gasteiger partial charge in [0.15, 0.2) is 0 Å². The van der Waals surface area contributed by atoms with Crippen molar-refractivity contribution < 1.29 is 9.84 Å². The number of fused-ring (bicyclic) bond motifs is 1. The molecule has 1 aromatic rings. The van der Waals surface area contributed by atoms with Gasteiger partial charge in [0.25, 0.3) is 0 Å². The minimum Gasteiger partial charge on any atom is -0.508 e. The van der Waals surface area contributed by atoms with Crippen LogP contribution in [0.5, 0.6) is 5.75 Å². The molecule has 3 nitrogen and oxygen atoms in total. The van der Waals surface area contributed by atoms with Gasteiger partial charge in [-0.3, -0.25) is 0 Å². The van der Waals surface area contributed by atoms with Crippen molar-refractivity contribution in [3.05, 3.63) is 23.8 Å². The number of nitrogens with one attached hydrogen (secondary N) is 1. The number of aryl methyl sites for hydroxylation is 1. The normalized spacial score (nSPS) is 19.4.